The first-order valence-corrected chi connectivity index (χ1v) is 5.93. The van der Waals surface area contributed by atoms with Crippen LogP contribution in [0, 0.1) is 6.92 Å². The van der Waals surface area contributed by atoms with Crippen molar-refractivity contribution in [2.45, 2.75) is 51.1 Å². The maximum absolute atomic E-state index is 14.4. The van der Waals surface area contributed by atoms with E-state index in [1.54, 1.807) is 0 Å². The summed E-state index contributed by atoms with van der Waals surface area (Å²) < 4.78 is 14.4. The van der Waals surface area contributed by atoms with E-state index in [9.17, 15) is 4.39 Å². The van der Waals surface area contributed by atoms with Gasteiger partial charge in [-0.1, -0.05) is 43.5 Å². The van der Waals surface area contributed by atoms with E-state index < -0.39 is 5.67 Å². The highest BCUT2D eigenvalue weighted by molar-refractivity contribution is 5.27. The molecule has 1 aliphatic rings. The molecule has 0 amide bonds. The predicted octanol–water partition coefficient (Wildman–Crippen LogP) is 4.21. The van der Waals surface area contributed by atoms with Crippen LogP contribution in [0.4, 0.5) is 4.39 Å². The molecule has 0 radical (unpaired) electrons. The Labute approximate surface area is 91.5 Å². The van der Waals surface area contributed by atoms with Gasteiger partial charge < -0.3 is 0 Å². The maximum Gasteiger partial charge on any atom is 0.115 e. The quantitative estimate of drug-likeness (QED) is 0.680. The summed E-state index contributed by atoms with van der Waals surface area (Å²) in [6.45, 7) is 2.07. The third-order valence-corrected chi connectivity index (χ3v) is 3.52. The number of hydrogen-bond donors (Lipinski definition) is 0. The zero-order valence-corrected chi connectivity index (χ0v) is 9.43. The number of alkyl halides is 1. The van der Waals surface area contributed by atoms with Crippen molar-refractivity contribution >= 4 is 0 Å². The van der Waals surface area contributed by atoms with Crippen LogP contribution in [0.5, 0.6) is 0 Å². The smallest absolute Gasteiger partial charge is 0.115 e. The molecule has 0 aliphatic heterocycles. The molecule has 0 atom stereocenters. The highest BCUT2D eigenvalue weighted by Crippen LogP contribution is 2.35. The molecule has 0 heterocycles. The second kappa shape index (κ2) is 4.34. The van der Waals surface area contributed by atoms with Gasteiger partial charge >= 0.3 is 0 Å². The molecule has 1 aromatic rings. The Hall–Kier alpha value is -0.850. The van der Waals surface area contributed by atoms with E-state index in [2.05, 4.69) is 19.1 Å². The first kappa shape index (κ1) is 10.7. The van der Waals surface area contributed by atoms with E-state index in [-0.39, 0.29) is 0 Å². The van der Waals surface area contributed by atoms with Gasteiger partial charge in [0.05, 0.1) is 0 Å². The maximum atomic E-state index is 14.4. The monoisotopic (exact) mass is 206 g/mol. The molecule has 15 heavy (non-hydrogen) atoms. The molecule has 82 valence electrons. The number of hydrogen-bond acceptors (Lipinski definition) is 0. The summed E-state index contributed by atoms with van der Waals surface area (Å²) in [6, 6.07) is 8.16. The van der Waals surface area contributed by atoms with E-state index in [0.29, 0.717) is 6.42 Å². The fourth-order valence-corrected chi connectivity index (χ4v) is 2.51. The Balaban J connectivity index is 2.10. The molecular formula is C14H19F. The highest BCUT2D eigenvalue weighted by atomic mass is 19.1. The van der Waals surface area contributed by atoms with Crippen molar-refractivity contribution in [2.24, 2.45) is 0 Å². The molecule has 0 aromatic heterocycles. The summed E-state index contributed by atoms with van der Waals surface area (Å²) in [7, 11) is 0. The molecule has 1 aliphatic carbocycles. The van der Waals surface area contributed by atoms with Crippen LogP contribution in [0.3, 0.4) is 0 Å². The van der Waals surface area contributed by atoms with Crippen LogP contribution in [-0.2, 0) is 6.42 Å². The second-order valence-corrected chi connectivity index (χ2v) is 4.81. The van der Waals surface area contributed by atoms with Crippen LogP contribution in [0.15, 0.2) is 24.3 Å². The van der Waals surface area contributed by atoms with E-state index in [4.69, 9.17) is 0 Å². The minimum absolute atomic E-state index is 0.611. The van der Waals surface area contributed by atoms with E-state index in [0.717, 1.165) is 25.7 Å². The fraction of sp³-hybridized carbons (Fsp3) is 0.571. The van der Waals surface area contributed by atoms with Gasteiger partial charge in [0.15, 0.2) is 0 Å². The first-order valence-electron chi connectivity index (χ1n) is 5.93. The number of rotatable bonds is 2. The molecule has 0 bridgehead atoms. The molecule has 0 saturated heterocycles. The molecule has 0 unspecified atom stereocenters. The summed E-state index contributed by atoms with van der Waals surface area (Å²) in [5.74, 6) is 0. The molecule has 1 heteroatoms. The Morgan fingerprint density at radius 2 is 1.80 bits per heavy atom. The molecule has 1 fully saturated rings. The second-order valence-electron chi connectivity index (χ2n) is 4.81. The topological polar surface area (TPSA) is 0 Å². The Morgan fingerprint density at radius 3 is 2.47 bits per heavy atom. The third kappa shape index (κ3) is 2.58. The van der Waals surface area contributed by atoms with Crippen LogP contribution < -0.4 is 0 Å². The van der Waals surface area contributed by atoms with Crippen LogP contribution in [-0.4, -0.2) is 5.67 Å². The number of halogens is 1. The van der Waals surface area contributed by atoms with Crippen molar-refractivity contribution in [3.63, 3.8) is 0 Å². The Bertz CT molecular complexity index is 324. The normalized spacial score (nSPS) is 20.1. The van der Waals surface area contributed by atoms with Gasteiger partial charge in [0.2, 0.25) is 0 Å². The van der Waals surface area contributed by atoms with Crippen molar-refractivity contribution in [1.82, 2.24) is 0 Å². The van der Waals surface area contributed by atoms with Crippen LogP contribution >= 0.6 is 0 Å². The predicted molar refractivity (Wildman–Crippen MR) is 61.8 cm³/mol. The standard InChI is InChI=1S/C14H19F/c1-12-7-3-4-8-13(12)11-14(15)9-5-2-6-10-14/h3-4,7-8H,2,5-6,9-11H2,1H3. The van der Waals surface area contributed by atoms with E-state index >= 15 is 0 Å². The van der Waals surface area contributed by atoms with Gasteiger partial charge in [-0.3, -0.25) is 0 Å². The summed E-state index contributed by atoms with van der Waals surface area (Å²) in [4.78, 5) is 0. The van der Waals surface area contributed by atoms with Gasteiger partial charge in [-0.25, -0.2) is 4.39 Å². The fourth-order valence-electron chi connectivity index (χ4n) is 2.51. The van der Waals surface area contributed by atoms with Gasteiger partial charge in [-0.05, 0) is 30.9 Å². The van der Waals surface area contributed by atoms with Crippen molar-refractivity contribution in [2.75, 3.05) is 0 Å². The molecular weight excluding hydrogens is 187 g/mol. The number of aryl methyl sites for hydroxylation is 1. The molecule has 0 nitrogen and oxygen atoms in total. The first-order chi connectivity index (χ1) is 7.20. The van der Waals surface area contributed by atoms with Crippen LogP contribution in [0.1, 0.15) is 43.2 Å². The zero-order chi connectivity index (χ0) is 10.7. The molecule has 1 saturated carbocycles. The van der Waals surface area contributed by atoms with Crippen LogP contribution in [0.25, 0.3) is 0 Å². The van der Waals surface area contributed by atoms with Gasteiger partial charge in [-0.15, -0.1) is 0 Å². The Morgan fingerprint density at radius 1 is 1.13 bits per heavy atom. The van der Waals surface area contributed by atoms with Crippen molar-refractivity contribution < 1.29 is 4.39 Å². The average molecular weight is 206 g/mol. The lowest BCUT2D eigenvalue weighted by Gasteiger charge is -2.30. The average Bonchev–Trinajstić information content (AvgIpc) is 2.22. The summed E-state index contributed by atoms with van der Waals surface area (Å²) >= 11 is 0. The SMILES string of the molecule is Cc1ccccc1CC1(F)CCCCC1. The third-order valence-electron chi connectivity index (χ3n) is 3.52. The largest absolute Gasteiger partial charge is 0.244 e. The van der Waals surface area contributed by atoms with Crippen molar-refractivity contribution in [3.8, 4) is 0 Å². The lowest BCUT2D eigenvalue weighted by atomic mass is 9.81. The minimum atomic E-state index is -0.926. The van der Waals surface area contributed by atoms with Gasteiger partial charge in [0.25, 0.3) is 0 Å². The lowest BCUT2D eigenvalue weighted by Crippen LogP contribution is -2.29. The van der Waals surface area contributed by atoms with E-state index in [1.165, 1.54) is 17.5 Å². The summed E-state index contributed by atoms with van der Waals surface area (Å²) in [5.41, 5.74) is 1.48. The zero-order valence-electron chi connectivity index (χ0n) is 9.43. The summed E-state index contributed by atoms with van der Waals surface area (Å²) in [5, 5.41) is 0. The molecule has 2 rings (SSSR count). The van der Waals surface area contributed by atoms with Gasteiger partial charge in [0, 0.05) is 6.42 Å². The van der Waals surface area contributed by atoms with Crippen molar-refractivity contribution in [3.05, 3.63) is 35.4 Å². The summed E-state index contributed by atoms with van der Waals surface area (Å²) in [6.07, 6.45) is 5.44. The molecule has 1 aromatic carbocycles. The lowest BCUT2D eigenvalue weighted by molar-refractivity contribution is 0.107. The number of benzene rings is 1. The van der Waals surface area contributed by atoms with Gasteiger partial charge in [0.1, 0.15) is 5.67 Å². The minimum Gasteiger partial charge on any atom is -0.244 e. The van der Waals surface area contributed by atoms with Crippen molar-refractivity contribution in [1.29, 1.82) is 0 Å². The molecule has 0 spiro atoms. The van der Waals surface area contributed by atoms with E-state index in [1.807, 2.05) is 12.1 Å². The van der Waals surface area contributed by atoms with Crippen LogP contribution in [0.2, 0.25) is 0 Å². The Kier molecular flexibility index (Phi) is 3.08. The molecule has 0 N–H and O–H groups in total. The van der Waals surface area contributed by atoms with Gasteiger partial charge in [-0.2, -0.15) is 0 Å². The highest BCUT2D eigenvalue weighted by Gasteiger charge is 2.31.